The number of nitrogens with zero attached hydrogens (tertiary/aromatic N) is 5. The topological polar surface area (TPSA) is 152 Å². The number of aliphatic hydroxyl groups excluding tert-OH is 2. The molecule has 1 unspecified atom stereocenters. The number of hydrogen-bond donors (Lipinski definition) is 3. The van der Waals surface area contributed by atoms with Crippen molar-refractivity contribution in [2.75, 3.05) is 43.3 Å². The van der Waals surface area contributed by atoms with Gasteiger partial charge in [0.25, 0.3) is 5.91 Å². The van der Waals surface area contributed by atoms with E-state index in [2.05, 4.69) is 63.7 Å². The quantitative estimate of drug-likeness (QED) is 0.0633. The number of methoxy groups -OCH3 is 1. The summed E-state index contributed by atoms with van der Waals surface area (Å²) < 4.78 is 21.5. The van der Waals surface area contributed by atoms with E-state index in [1.807, 2.05) is 95.5 Å². The van der Waals surface area contributed by atoms with Crippen LogP contribution in [0.1, 0.15) is 55.5 Å². The molecule has 8 rings (SSSR count). The summed E-state index contributed by atoms with van der Waals surface area (Å²) in [6.07, 6.45) is 4.55. The number of benzene rings is 4. The maximum Gasteiger partial charge on any atom is 0.264 e. The summed E-state index contributed by atoms with van der Waals surface area (Å²) in [7, 11) is -0.729. The van der Waals surface area contributed by atoms with Crippen molar-refractivity contribution in [2.45, 2.75) is 95.4 Å². The van der Waals surface area contributed by atoms with Gasteiger partial charge in [0.15, 0.2) is 5.60 Å². The number of carbonyl (C=O) groups is 2. The van der Waals surface area contributed by atoms with Crippen LogP contribution in [0.3, 0.4) is 0 Å². The van der Waals surface area contributed by atoms with Gasteiger partial charge < -0.3 is 34.6 Å². The van der Waals surface area contributed by atoms with Gasteiger partial charge in [-0.1, -0.05) is 70.6 Å². The van der Waals surface area contributed by atoms with Crippen LogP contribution in [0.2, 0.25) is 18.6 Å². The molecule has 15 heteroatoms. The fraction of sp³-hybridized carbons (Fsp3) is 0.429. The van der Waals surface area contributed by atoms with Crippen LogP contribution < -0.4 is 29.8 Å². The highest BCUT2D eigenvalue weighted by Gasteiger charge is 2.66. The van der Waals surface area contributed by atoms with Gasteiger partial charge in [-0.2, -0.15) is 0 Å². The molecule has 0 saturated carbocycles. The second-order valence-corrected chi connectivity index (χ2v) is 23.3. The van der Waals surface area contributed by atoms with Gasteiger partial charge in [0, 0.05) is 54.0 Å². The van der Waals surface area contributed by atoms with Crippen LogP contribution >= 0.6 is 15.9 Å². The Morgan fingerprint density at radius 3 is 2.50 bits per heavy atom. The number of rotatable bonds is 18. The molecule has 1 aromatic heterocycles. The van der Waals surface area contributed by atoms with Gasteiger partial charge in [-0.05, 0) is 116 Å². The van der Waals surface area contributed by atoms with Gasteiger partial charge in [0.2, 0.25) is 5.91 Å². The average molecular weight is 952 g/mol. The maximum absolute atomic E-state index is 15.6. The third-order valence-corrected chi connectivity index (χ3v) is 18.3. The van der Waals surface area contributed by atoms with Gasteiger partial charge >= 0.3 is 0 Å². The van der Waals surface area contributed by atoms with Crippen molar-refractivity contribution in [3.63, 3.8) is 0 Å². The molecule has 2 amide bonds. The minimum Gasteiger partial charge on any atom is -0.497 e. The Morgan fingerprint density at radius 2 is 1.75 bits per heavy atom. The maximum atomic E-state index is 15.6. The summed E-state index contributed by atoms with van der Waals surface area (Å²) in [6, 6.07) is 27.7. The van der Waals surface area contributed by atoms with Crippen molar-refractivity contribution in [3.05, 3.63) is 118 Å². The molecule has 5 aromatic rings. The molecule has 4 heterocycles. The summed E-state index contributed by atoms with van der Waals surface area (Å²) in [6.45, 7) is 10.9. The lowest BCUT2D eigenvalue weighted by Gasteiger charge is -2.37. The molecule has 64 heavy (non-hydrogen) atoms. The van der Waals surface area contributed by atoms with Crippen LogP contribution in [0.15, 0.2) is 95.6 Å². The van der Waals surface area contributed by atoms with Crippen LogP contribution in [0, 0.1) is 5.92 Å². The van der Waals surface area contributed by atoms with Crippen LogP contribution in [-0.4, -0.2) is 90.7 Å². The van der Waals surface area contributed by atoms with E-state index in [0.717, 1.165) is 56.2 Å². The van der Waals surface area contributed by atoms with E-state index < -0.39 is 19.7 Å². The van der Waals surface area contributed by atoms with E-state index in [-0.39, 0.29) is 49.1 Å². The van der Waals surface area contributed by atoms with Gasteiger partial charge in [-0.25, -0.2) is 0 Å². The second-order valence-electron chi connectivity index (χ2n) is 17.7. The Kier molecular flexibility index (Phi) is 13.8. The molecular weight excluding hydrogens is 893 g/mol. The molecule has 1 saturated heterocycles. The average Bonchev–Trinajstić information content (AvgIpc) is 3.94. The largest absolute Gasteiger partial charge is 0.497 e. The van der Waals surface area contributed by atoms with E-state index in [4.69, 9.17) is 14.2 Å². The van der Waals surface area contributed by atoms with E-state index in [9.17, 15) is 15.0 Å². The molecule has 3 N–H and O–H groups in total. The fourth-order valence-corrected chi connectivity index (χ4v) is 14.8. The van der Waals surface area contributed by atoms with Crippen molar-refractivity contribution >= 4 is 58.1 Å². The van der Waals surface area contributed by atoms with Crippen molar-refractivity contribution in [1.82, 2.24) is 20.3 Å². The first-order chi connectivity index (χ1) is 30.9. The number of aliphatic hydroxyl groups is 2. The fourth-order valence-electron chi connectivity index (χ4n) is 10.3. The zero-order valence-corrected chi connectivity index (χ0v) is 39.9. The van der Waals surface area contributed by atoms with Crippen LogP contribution in [-0.2, 0) is 45.9 Å². The summed E-state index contributed by atoms with van der Waals surface area (Å²) in [4.78, 5) is 33.7. The number of halogens is 1. The van der Waals surface area contributed by atoms with Crippen molar-refractivity contribution < 1.29 is 34.0 Å². The number of unbranched alkanes of at least 4 members (excludes halogenated alkanes) is 1. The first-order valence-electron chi connectivity index (χ1n) is 22.4. The van der Waals surface area contributed by atoms with Gasteiger partial charge in [0.05, 0.1) is 57.5 Å². The molecule has 1 spiro atoms. The Bertz CT molecular complexity index is 2470. The highest BCUT2D eigenvalue weighted by molar-refractivity contribution is 9.10. The number of fused-ring (bicyclic) bond motifs is 3. The minimum absolute atomic E-state index is 0.00317. The Balaban J connectivity index is 1.14. The van der Waals surface area contributed by atoms with Crippen molar-refractivity contribution in [1.29, 1.82) is 0 Å². The molecule has 3 aliphatic rings. The number of carbonyl (C=O) groups excluding carboxylic acids is 2. The Labute approximate surface area is 384 Å². The molecule has 3 aliphatic heterocycles. The van der Waals surface area contributed by atoms with Crippen molar-refractivity contribution in [2.24, 2.45) is 5.92 Å². The van der Waals surface area contributed by atoms with E-state index in [0.29, 0.717) is 51.1 Å². The summed E-state index contributed by atoms with van der Waals surface area (Å²) in [5.74, 6) is 1.18. The smallest absolute Gasteiger partial charge is 0.264 e. The standard InChI is InChI=1S/C49H59BrN6O7Si/c1-6-62-39-15-19-43-34(27-39)28-42(51-22-7-8-24-57)47(59)56(43)37-11-9-10-33(26-37)30-55-44-18-12-35(50)29-41(44)49(48(55)60)32(2)46(64(4,5)40-16-13-38(61-3)14-17-40)45(63-49)20-23-54-31-36(21-25-58)52-53-54/h9-19,26-27,29,31-32,42,45-46,51,57-58H,6-8,20-25,28,30H2,1-5H3/t32-,42?,45+,46-,49+/m1/s1. The number of amides is 2. The zero-order chi connectivity index (χ0) is 45.2. The lowest BCUT2D eigenvalue weighted by Crippen LogP contribution is -2.51. The van der Waals surface area contributed by atoms with Gasteiger partial charge in [0.1, 0.15) is 11.5 Å². The third kappa shape index (κ3) is 8.65. The number of aryl methyl sites for hydroxylation is 1. The number of ether oxygens (including phenoxy) is 3. The molecule has 0 radical (unpaired) electrons. The highest BCUT2D eigenvalue weighted by atomic mass is 79.9. The normalized spacial score (nSPS) is 21.8. The second kappa shape index (κ2) is 19.3. The minimum atomic E-state index is -2.40. The molecular formula is C49H59BrN6O7Si. The van der Waals surface area contributed by atoms with Crippen LogP contribution in [0.25, 0.3) is 0 Å². The van der Waals surface area contributed by atoms with Crippen molar-refractivity contribution in [3.8, 4) is 11.5 Å². The Morgan fingerprint density at radius 1 is 0.969 bits per heavy atom. The molecule has 338 valence electrons. The molecule has 0 aliphatic carbocycles. The summed E-state index contributed by atoms with van der Waals surface area (Å²) in [5, 5.41) is 32.2. The molecule has 0 bridgehead atoms. The number of anilines is 3. The summed E-state index contributed by atoms with van der Waals surface area (Å²) in [5.41, 5.74) is 4.51. The monoisotopic (exact) mass is 950 g/mol. The van der Waals surface area contributed by atoms with Crippen LogP contribution in [0.5, 0.6) is 11.5 Å². The molecule has 1 fully saturated rings. The first-order valence-corrected chi connectivity index (χ1v) is 26.3. The lowest BCUT2D eigenvalue weighted by molar-refractivity contribution is -0.146. The molecule has 13 nitrogen and oxygen atoms in total. The lowest BCUT2D eigenvalue weighted by atomic mass is 9.82. The van der Waals surface area contributed by atoms with E-state index >= 15 is 4.79 Å². The van der Waals surface area contributed by atoms with E-state index in [1.54, 1.807) is 12.0 Å². The predicted molar refractivity (Wildman–Crippen MR) is 253 cm³/mol. The third-order valence-electron chi connectivity index (χ3n) is 13.4. The molecule has 5 atom stereocenters. The Hall–Kier alpha value is -4.90. The highest BCUT2D eigenvalue weighted by Crippen LogP contribution is 2.60. The predicted octanol–water partition coefficient (Wildman–Crippen LogP) is 6.79. The first kappa shape index (κ1) is 45.7. The van der Waals surface area contributed by atoms with E-state index in [1.165, 1.54) is 5.19 Å². The number of hydrogen-bond acceptors (Lipinski definition) is 10. The molecule has 4 aromatic carbocycles. The SMILES string of the molecule is CCOc1ccc2c(c1)CC(NCCCCO)C(=O)N2c1cccc(CN2C(=O)[C@@]3(O[C@@H](CCn4cc(CCO)nn4)[C@H]([Si](C)(C)c4ccc(OC)cc4)[C@H]3C)c3cc(Br)ccc32)c1. The number of nitrogens with one attached hydrogen (secondary N) is 1. The van der Waals surface area contributed by atoms with Gasteiger partial charge in [-0.3, -0.25) is 19.2 Å². The van der Waals surface area contributed by atoms with Crippen LogP contribution in [0.4, 0.5) is 17.1 Å². The van der Waals surface area contributed by atoms with Gasteiger partial charge in [-0.15, -0.1) is 5.10 Å². The zero-order valence-electron chi connectivity index (χ0n) is 37.3. The number of aromatic nitrogens is 3. The summed E-state index contributed by atoms with van der Waals surface area (Å²) >= 11 is 3.75.